The molecule has 0 unspecified atom stereocenters. The fourth-order valence-electron chi connectivity index (χ4n) is 1.76. The van der Waals surface area contributed by atoms with Crippen molar-refractivity contribution >= 4 is 9.84 Å². The molecule has 0 amide bonds. The molecule has 2 aromatic carbocycles. The molecule has 0 radical (unpaired) electrons. The van der Waals surface area contributed by atoms with E-state index in [1.807, 2.05) is 13.0 Å². The van der Waals surface area contributed by atoms with Crippen LogP contribution < -0.4 is 0 Å². The number of hydrogen-bond acceptors (Lipinski definition) is 3. The molecule has 0 saturated carbocycles. The summed E-state index contributed by atoms with van der Waals surface area (Å²) in [5.41, 5.74) is 0.860. The lowest BCUT2D eigenvalue weighted by Gasteiger charge is -2.07. The zero-order valence-corrected chi connectivity index (χ0v) is 11.6. The standard InChI is InChI=1S/C15H16O3S/c1-2-18-12-13-7-6-10-15(11-13)19(16,17)14-8-4-3-5-9-14/h3-11H,2,12H2,1H3. The van der Waals surface area contributed by atoms with Crippen molar-refractivity contribution in [1.82, 2.24) is 0 Å². The first-order chi connectivity index (χ1) is 9.14. The van der Waals surface area contributed by atoms with Crippen molar-refractivity contribution in [3.8, 4) is 0 Å². The minimum Gasteiger partial charge on any atom is -0.377 e. The maximum Gasteiger partial charge on any atom is 0.206 e. The molecule has 0 heterocycles. The molecule has 0 aromatic heterocycles. The first kappa shape index (κ1) is 13.8. The molecular formula is C15H16O3S. The summed E-state index contributed by atoms with van der Waals surface area (Å²) in [7, 11) is -3.44. The lowest BCUT2D eigenvalue weighted by Crippen LogP contribution is -2.03. The quantitative estimate of drug-likeness (QED) is 0.843. The maximum atomic E-state index is 12.4. The summed E-state index contributed by atoms with van der Waals surface area (Å²) in [5, 5.41) is 0. The van der Waals surface area contributed by atoms with Gasteiger partial charge in [0.15, 0.2) is 0 Å². The van der Waals surface area contributed by atoms with Crippen LogP contribution in [0.25, 0.3) is 0 Å². The number of hydrogen-bond donors (Lipinski definition) is 0. The van der Waals surface area contributed by atoms with Crippen LogP contribution in [0.2, 0.25) is 0 Å². The van der Waals surface area contributed by atoms with E-state index in [9.17, 15) is 8.42 Å². The Balaban J connectivity index is 2.36. The molecule has 2 rings (SSSR count). The topological polar surface area (TPSA) is 43.4 Å². The van der Waals surface area contributed by atoms with E-state index < -0.39 is 9.84 Å². The van der Waals surface area contributed by atoms with Crippen LogP contribution in [-0.2, 0) is 21.2 Å². The molecule has 4 heteroatoms. The Labute approximate surface area is 113 Å². The number of rotatable bonds is 5. The Morgan fingerprint density at radius 2 is 1.63 bits per heavy atom. The second-order valence-electron chi connectivity index (χ2n) is 4.10. The van der Waals surface area contributed by atoms with Crippen LogP contribution in [0.5, 0.6) is 0 Å². The molecule has 2 aromatic rings. The van der Waals surface area contributed by atoms with Crippen molar-refractivity contribution in [1.29, 1.82) is 0 Å². The van der Waals surface area contributed by atoms with E-state index >= 15 is 0 Å². The lowest BCUT2D eigenvalue weighted by molar-refractivity contribution is 0.134. The Hall–Kier alpha value is -1.65. The molecule has 100 valence electrons. The third-order valence-corrected chi connectivity index (χ3v) is 4.50. The average molecular weight is 276 g/mol. The van der Waals surface area contributed by atoms with Gasteiger partial charge in [-0.2, -0.15) is 0 Å². The Morgan fingerprint density at radius 1 is 0.947 bits per heavy atom. The molecule has 0 N–H and O–H groups in total. The van der Waals surface area contributed by atoms with Gasteiger partial charge in [-0.1, -0.05) is 30.3 Å². The fourth-order valence-corrected chi connectivity index (χ4v) is 3.11. The van der Waals surface area contributed by atoms with Crippen LogP contribution in [0.15, 0.2) is 64.4 Å². The van der Waals surface area contributed by atoms with Crippen LogP contribution in [-0.4, -0.2) is 15.0 Å². The molecule has 0 spiro atoms. The van der Waals surface area contributed by atoms with Crippen LogP contribution in [0.1, 0.15) is 12.5 Å². The summed E-state index contributed by atoms with van der Waals surface area (Å²) in [6.45, 7) is 2.94. The number of benzene rings is 2. The molecular weight excluding hydrogens is 260 g/mol. The first-order valence-electron chi connectivity index (χ1n) is 6.11. The molecule has 0 fully saturated rings. The van der Waals surface area contributed by atoms with E-state index in [0.717, 1.165) is 5.56 Å². The highest BCUT2D eigenvalue weighted by atomic mass is 32.2. The van der Waals surface area contributed by atoms with E-state index in [-0.39, 0.29) is 0 Å². The normalized spacial score (nSPS) is 11.4. The third kappa shape index (κ3) is 3.22. The van der Waals surface area contributed by atoms with Gasteiger partial charge >= 0.3 is 0 Å². The van der Waals surface area contributed by atoms with Crippen LogP contribution >= 0.6 is 0 Å². The monoisotopic (exact) mass is 276 g/mol. The Kier molecular flexibility index (Phi) is 4.35. The zero-order valence-electron chi connectivity index (χ0n) is 10.7. The van der Waals surface area contributed by atoms with Gasteiger partial charge in [-0.3, -0.25) is 0 Å². The van der Waals surface area contributed by atoms with Gasteiger partial charge in [0.2, 0.25) is 9.84 Å². The van der Waals surface area contributed by atoms with Crippen molar-refractivity contribution in [3.63, 3.8) is 0 Å². The zero-order chi connectivity index (χ0) is 13.7. The first-order valence-corrected chi connectivity index (χ1v) is 7.59. The predicted molar refractivity (Wildman–Crippen MR) is 73.7 cm³/mol. The van der Waals surface area contributed by atoms with Crippen LogP contribution in [0, 0.1) is 0 Å². The summed E-state index contributed by atoms with van der Waals surface area (Å²) >= 11 is 0. The summed E-state index contributed by atoms with van der Waals surface area (Å²) in [6.07, 6.45) is 0. The molecule has 0 aliphatic heterocycles. The second-order valence-corrected chi connectivity index (χ2v) is 6.05. The van der Waals surface area contributed by atoms with Gasteiger partial charge in [-0.15, -0.1) is 0 Å². The van der Waals surface area contributed by atoms with Crippen molar-refractivity contribution in [2.75, 3.05) is 6.61 Å². The molecule has 0 aliphatic rings. The van der Waals surface area contributed by atoms with E-state index in [2.05, 4.69) is 0 Å². The summed E-state index contributed by atoms with van der Waals surface area (Å²) in [6, 6.07) is 15.3. The molecule has 0 saturated heterocycles. The average Bonchev–Trinajstić information content (AvgIpc) is 2.46. The van der Waals surface area contributed by atoms with Crippen molar-refractivity contribution < 1.29 is 13.2 Å². The van der Waals surface area contributed by atoms with Gasteiger partial charge in [-0.25, -0.2) is 8.42 Å². The lowest BCUT2D eigenvalue weighted by atomic mass is 10.2. The van der Waals surface area contributed by atoms with Gasteiger partial charge in [0.25, 0.3) is 0 Å². The summed E-state index contributed by atoms with van der Waals surface area (Å²) < 4.78 is 30.1. The minimum atomic E-state index is -3.44. The Bertz CT molecular complexity index is 633. The van der Waals surface area contributed by atoms with E-state index in [1.165, 1.54) is 0 Å². The number of sulfone groups is 1. The van der Waals surface area contributed by atoms with Crippen LogP contribution in [0.4, 0.5) is 0 Å². The summed E-state index contributed by atoms with van der Waals surface area (Å²) in [4.78, 5) is 0.611. The van der Waals surface area contributed by atoms with Gasteiger partial charge in [0.05, 0.1) is 16.4 Å². The van der Waals surface area contributed by atoms with Crippen LogP contribution in [0.3, 0.4) is 0 Å². The highest BCUT2D eigenvalue weighted by Crippen LogP contribution is 2.21. The van der Waals surface area contributed by atoms with E-state index in [1.54, 1.807) is 48.5 Å². The SMILES string of the molecule is CCOCc1cccc(S(=O)(=O)c2ccccc2)c1. The van der Waals surface area contributed by atoms with E-state index in [4.69, 9.17) is 4.74 Å². The molecule has 0 aliphatic carbocycles. The highest BCUT2D eigenvalue weighted by molar-refractivity contribution is 7.91. The van der Waals surface area contributed by atoms with Crippen molar-refractivity contribution in [2.45, 2.75) is 23.3 Å². The molecule has 19 heavy (non-hydrogen) atoms. The molecule has 3 nitrogen and oxygen atoms in total. The Morgan fingerprint density at radius 3 is 2.32 bits per heavy atom. The van der Waals surface area contributed by atoms with Crippen molar-refractivity contribution in [3.05, 3.63) is 60.2 Å². The van der Waals surface area contributed by atoms with Gasteiger partial charge < -0.3 is 4.74 Å². The third-order valence-electron chi connectivity index (χ3n) is 2.74. The minimum absolute atomic E-state index is 0.302. The van der Waals surface area contributed by atoms with Crippen molar-refractivity contribution in [2.24, 2.45) is 0 Å². The smallest absolute Gasteiger partial charge is 0.206 e. The predicted octanol–water partition coefficient (Wildman–Crippen LogP) is 3.06. The second kappa shape index (κ2) is 5.99. The molecule has 0 bridgehead atoms. The summed E-state index contributed by atoms with van der Waals surface area (Å²) in [5.74, 6) is 0. The fraction of sp³-hybridized carbons (Fsp3) is 0.200. The largest absolute Gasteiger partial charge is 0.377 e. The highest BCUT2D eigenvalue weighted by Gasteiger charge is 2.17. The maximum absolute atomic E-state index is 12.4. The van der Waals surface area contributed by atoms with Gasteiger partial charge in [-0.05, 0) is 36.8 Å². The number of ether oxygens (including phenoxy) is 1. The molecule has 0 atom stereocenters. The van der Waals surface area contributed by atoms with Gasteiger partial charge in [0.1, 0.15) is 0 Å². The van der Waals surface area contributed by atoms with Gasteiger partial charge in [0, 0.05) is 6.61 Å². The van der Waals surface area contributed by atoms with E-state index in [0.29, 0.717) is 23.0 Å².